The lowest BCUT2D eigenvalue weighted by Gasteiger charge is -2.16. The van der Waals surface area contributed by atoms with E-state index >= 15 is 0 Å². The first-order valence-corrected chi connectivity index (χ1v) is 9.80. The fourth-order valence-electron chi connectivity index (χ4n) is 3.12. The van der Waals surface area contributed by atoms with Gasteiger partial charge in [-0.2, -0.15) is 0 Å². The molecule has 0 saturated carbocycles. The first kappa shape index (κ1) is 22.9. The quantitative estimate of drug-likeness (QED) is 0.391. The van der Waals surface area contributed by atoms with Gasteiger partial charge in [0.15, 0.2) is 0 Å². The van der Waals surface area contributed by atoms with E-state index in [9.17, 15) is 18.0 Å². The molecule has 0 aliphatic heterocycles. The molecule has 3 aromatic rings. The molecule has 3 rings (SSSR count). The van der Waals surface area contributed by atoms with E-state index in [1.54, 1.807) is 18.2 Å². The molecule has 1 N–H and O–H groups in total. The van der Waals surface area contributed by atoms with E-state index in [2.05, 4.69) is 4.74 Å². The molecule has 7 heteroatoms. The van der Waals surface area contributed by atoms with E-state index in [-0.39, 0.29) is 11.7 Å². The number of carboxylic acids is 1. The predicted octanol–water partition coefficient (Wildman–Crippen LogP) is 7.27. The Labute approximate surface area is 183 Å². The molecule has 32 heavy (non-hydrogen) atoms. The van der Waals surface area contributed by atoms with Gasteiger partial charge < -0.3 is 14.6 Å². The number of aliphatic carboxylic acids is 1. The lowest BCUT2D eigenvalue weighted by molar-refractivity contribution is -0.274. The zero-order valence-electron chi connectivity index (χ0n) is 17.4. The van der Waals surface area contributed by atoms with Crippen molar-refractivity contribution in [1.29, 1.82) is 0 Å². The number of benzene rings is 3. The number of carboxylic acid groups (broad SMARTS) is 1. The molecule has 0 atom stereocenters. The van der Waals surface area contributed by atoms with Gasteiger partial charge in [-0.1, -0.05) is 56.3 Å². The number of halogens is 3. The SMILES string of the molecule is CC(C)c1ccccc1Oc1cc(-c2ccc(OC(F)(F)F)cc2)ccc1/C=C/C(=O)O. The minimum Gasteiger partial charge on any atom is -0.478 e. The third kappa shape index (κ3) is 6.14. The summed E-state index contributed by atoms with van der Waals surface area (Å²) < 4.78 is 47.3. The van der Waals surface area contributed by atoms with Crippen LogP contribution in [-0.2, 0) is 4.79 Å². The highest BCUT2D eigenvalue weighted by molar-refractivity contribution is 5.86. The second-order valence-electron chi connectivity index (χ2n) is 7.29. The molecular weight excluding hydrogens is 421 g/mol. The van der Waals surface area contributed by atoms with E-state index in [1.165, 1.54) is 30.3 Å². The van der Waals surface area contributed by atoms with Crippen LogP contribution in [0.1, 0.15) is 30.9 Å². The van der Waals surface area contributed by atoms with Crippen molar-refractivity contribution >= 4 is 12.0 Å². The zero-order chi connectivity index (χ0) is 23.3. The second kappa shape index (κ2) is 9.60. The van der Waals surface area contributed by atoms with Crippen LogP contribution in [0.5, 0.6) is 17.2 Å². The van der Waals surface area contributed by atoms with Crippen molar-refractivity contribution in [2.24, 2.45) is 0 Å². The van der Waals surface area contributed by atoms with Crippen molar-refractivity contribution in [3.63, 3.8) is 0 Å². The van der Waals surface area contributed by atoms with Crippen LogP contribution < -0.4 is 9.47 Å². The van der Waals surface area contributed by atoms with Gasteiger partial charge in [-0.3, -0.25) is 0 Å². The van der Waals surface area contributed by atoms with Crippen LogP contribution in [0.25, 0.3) is 17.2 Å². The first-order valence-electron chi connectivity index (χ1n) is 9.80. The fraction of sp³-hybridized carbons (Fsp3) is 0.160. The summed E-state index contributed by atoms with van der Waals surface area (Å²) in [5.74, 6) is -0.150. The first-order chi connectivity index (χ1) is 15.1. The molecule has 166 valence electrons. The minimum atomic E-state index is -4.76. The molecule has 0 heterocycles. The molecule has 4 nitrogen and oxygen atoms in total. The maximum atomic E-state index is 12.4. The highest BCUT2D eigenvalue weighted by Gasteiger charge is 2.31. The normalized spacial score (nSPS) is 11.7. The largest absolute Gasteiger partial charge is 0.573 e. The van der Waals surface area contributed by atoms with Crippen LogP contribution in [0, 0.1) is 0 Å². The number of rotatable bonds is 7. The zero-order valence-corrected chi connectivity index (χ0v) is 17.4. The highest BCUT2D eigenvalue weighted by Crippen LogP contribution is 2.36. The number of hydrogen-bond donors (Lipinski definition) is 1. The van der Waals surface area contributed by atoms with Crippen LogP contribution >= 0.6 is 0 Å². The molecule has 0 spiro atoms. The Bertz CT molecular complexity index is 1120. The predicted molar refractivity (Wildman–Crippen MR) is 116 cm³/mol. The topological polar surface area (TPSA) is 55.8 Å². The minimum absolute atomic E-state index is 0.202. The molecule has 0 aromatic heterocycles. The van der Waals surface area contributed by atoms with Crippen molar-refractivity contribution < 1.29 is 32.5 Å². The van der Waals surface area contributed by atoms with Crippen LogP contribution in [-0.4, -0.2) is 17.4 Å². The summed E-state index contributed by atoms with van der Waals surface area (Å²) >= 11 is 0. The van der Waals surface area contributed by atoms with E-state index in [4.69, 9.17) is 9.84 Å². The van der Waals surface area contributed by atoms with Gasteiger partial charge in [-0.25, -0.2) is 4.79 Å². The summed E-state index contributed by atoms with van der Waals surface area (Å²) in [6.45, 7) is 4.07. The van der Waals surface area contributed by atoms with Gasteiger partial charge in [0.2, 0.25) is 0 Å². The van der Waals surface area contributed by atoms with Crippen molar-refractivity contribution in [2.75, 3.05) is 0 Å². The Morgan fingerprint density at radius 2 is 1.59 bits per heavy atom. The molecule has 0 aliphatic carbocycles. The summed E-state index contributed by atoms with van der Waals surface area (Å²) in [6.07, 6.45) is -2.32. The highest BCUT2D eigenvalue weighted by atomic mass is 19.4. The summed E-state index contributed by atoms with van der Waals surface area (Å²) in [4.78, 5) is 11.0. The van der Waals surface area contributed by atoms with E-state index in [1.807, 2.05) is 38.1 Å². The number of carbonyl (C=O) groups is 1. The monoisotopic (exact) mass is 442 g/mol. The summed E-state index contributed by atoms with van der Waals surface area (Å²) in [6, 6.07) is 18.2. The van der Waals surface area contributed by atoms with Gasteiger partial charge in [-0.15, -0.1) is 13.2 Å². The molecule has 0 radical (unpaired) electrons. The maximum Gasteiger partial charge on any atom is 0.573 e. The second-order valence-corrected chi connectivity index (χ2v) is 7.29. The molecule has 0 bridgehead atoms. The maximum absolute atomic E-state index is 12.4. The summed E-state index contributed by atoms with van der Waals surface area (Å²) in [7, 11) is 0. The summed E-state index contributed by atoms with van der Waals surface area (Å²) in [5, 5.41) is 8.99. The van der Waals surface area contributed by atoms with Crippen molar-refractivity contribution in [2.45, 2.75) is 26.1 Å². The summed E-state index contributed by atoms with van der Waals surface area (Å²) in [5.41, 5.74) is 2.87. The van der Waals surface area contributed by atoms with Gasteiger partial charge in [0.1, 0.15) is 17.2 Å². The number of alkyl halides is 3. The van der Waals surface area contributed by atoms with E-state index in [0.29, 0.717) is 28.2 Å². The fourth-order valence-corrected chi connectivity index (χ4v) is 3.12. The van der Waals surface area contributed by atoms with Gasteiger partial charge >= 0.3 is 12.3 Å². The Hall–Kier alpha value is -3.74. The van der Waals surface area contributed by atoms with Crippen molar-refractivity contribution in [3.05, 3.63) is 83.9 Å². The lowest BCUT2D eigenvalue weighted by atomic mass is 10.0. The number of hydrogen-bond acceptors (Lipinski definition) is 3. The molecule has 0 unspecified atom stereocenters. The Morgan fingerprint density at radius 3 is 2.22 bits per heavy atom. The molecule has 0 saturated heterocycles. The van der Waals surface area contributed by atoms with Gasteiger partial charge in [0.25, 0.3) is 0 Å². The van der Waals surface area contributed by atoms with Crippen LogP contribution in [0.2, 0.25) is 0 Å². The van der Waals surface area contributed by atoms with Crippen LogP contribution in [0.3, 0.4) is 0 Å². The Kier molecular flexibility index (Phi) is 6.88. The third-order valence-electron chi connectivity index (χ3n) is 4.60. The average molecular weight is 442 g/mol. The van der Waals surface area contributed by atoms with Gasteiger partial charge in [-0.05, 0) is 52.9 Å². The van der Waals surface area contributed by atoms with Gasteiger partial charge in [0, 0.05) is 11.6 Å². The van der Waals surface area contributed by atoms with E-state index in [0.717, 1.165) is 11.6 Å². The third-order valence-corrected chi connectivity index (χ3v) is 4.60. The van der Waals surface area contributed by atoms with Gasteiger partial charge in [0.05, 0.1) is 0 Å². The standard InChI is InChI=1S/C25H21F3O4/c1-16(2)21-5-3-4-6-22(21)31-23-15-19(8-7-18(23)11-14-24(29)30)17-9-12-20(13-10-17)32-25(26,27)28/h3-16H,1-2H3,(H,29,30)/b14-11+. The number of para-hydroxylation sites is 1. The molecule has 0 fully saturated rings. The average Bonchev–Trinajstić information content (AvgIpc) is 2.72. The number of ether oxygens (including phenoxy) is 2. The van der Waals surface area contributed by atoms with Crippen molar-refractivity contribution in [3.8, 4) is 28.4 Å². The molecule has 3 aromatic carbocycles. The lowest BCUT2D eigenvalue weighted by Crippen LogP contribution is -2.16. The molecule has 0 aliphatic rings. The van der Waals surface area contributed by atoms with Crippen LogP contribution in [0.4, 0.5) is 13.2 Å². The Morgan fingerprint density at radius 1 is 0.938 bits per heavy atom. The Balaban J connectivity index is 1.99. The molecule has 0 amide bonds. The molecular formula is C25H21F3O4. The van der Waals surface area contributed by atoms with Crippen molar-refractivity contribution in [1.82, 2.24) is 0 Å². The smallest absolute Gasteiger partial charge is 0.478 e. The van der Waals surface area contributed by atoms with Crippen LogP contribution in [0.15, 0.2) is 72.8 Å². The van der Waals surface area contributed by atoms with E-state index < -0.39 is 12.3 Å².